The Morgan fingerprint density at radius 3 is 2.67 bits per heavy atom. The highest BCUT2D eigenvalue weighted by Crippen LogP contribution is 2.37. The SMILES string of the molecule is CCOC(=O)C1=C(Sc2ccccc2)CCCC1. The lowest BCUT2D eigenvalue weighted by molar-refractivity contribution is -0.138. The Kier molecular flexibility index (Phi) is 4.88. The van der Waals surface area contributed by atoms with Gasteiger partial charge in [0.15, 0.2) is 0 Å². The largest absolute Gasteiger partial charge is 0.463 e. The summed E-state index contributed by atoms with van der Waals surface area (Å²) in [7, 11) is 0. The summed E-state index contributed by atoms with van der Waals surface area (Å²) in [6, 6.07) is 10.2. The van der Waals surface area contributed by atoms with E-state index in [0.717, 1.165) is 31.3 Å². The predicted molar refractivity (Wildman–Crippen MR) is 74.4 cm³/mol. The fourth-order valence-electron chi connectivity index (χ4n) is 2.06. The standard InChI is InChI=1S/C15H18O2S/c1-2-17-15(16)13-10-6-7-11-14(13)18-12-8-4-3-5-9-12/h3-5,8-9H,2,6-7,10-11H2,1H3. The summed E-state index contributed by atoms with van der Waals surface area (Å²) >= 11 is 1.71. The van der Waals surface area contributed by atoms with Gasteiger partial charge in [-0.2, -0.15) is 0 Å². The molecule has 0 fully saturated rings. The fraction of sp³-hybridized carbons (Fsp3) is 0.400. The number of carbonyl (C=O) groups is 1. The van der Waals surface area contributed by atoms with Crippen LogP contribution in [0.25, 0.3) is 0 Å². The van der Waals surface area contributed by atoms with E-state index < -0.39 is 0 Å². The van der Waals surface area contributed by atoms with Gasteiger partial charge in [-0.25, -0.2) is 4.79 Å². The Bertz CT molecular complexity index is 437. The number of carbonyl (C=O) groups excluding carboxylic acids is 1. The van der Waals surface area contributed by atoms with Crippen LogP contribution in [-0.2, 0) is 9.53 Å². The number of allylic oxidation sites excluding steroid dienone is 1. The second-order valence-corrected chi connectivity index (χ2v) is 5.41. The lowest BCUT2D eigenvalue weighted by atomic mass is 9.99. The first-order chi connectivity index (χ1) is 8.81. The van der Waals surface area contributed by atoms with E-state index >= 15 is 0 Å². The Balaban J connectivity index is 2.18. The lowest BCUT2D eigenvalue weighted by Gasteiger charge is -2.18. The van der Waals surface area contributed by atoms with Crippen molar-refractivity contribution in [1.82, 2.24) is 0 Å². The minimum atomic E-state index is -0.129. The molecule has 0 bridgehead atoms. The number of ether oxygens (including phenoxy) is 1. The van der Waals surface area contributed by atoms with E-state index in [4.69, 9.17) is 4.74 Å². The molecule has 0 amide bonds. The van der Waals surface area contributed by atoms with Crippen LogP contribution in [0.15, 0.2) is 45.7 Å². The van der Waals surface area contributed by atoms with Crippen LogP contribution < -0.4 is 0 Å². The smallest absolute Gasteiger partial charge is 0.334 e. The Labute approximate surface area is 112 Å². The first-order valence-corrected chi connectivity index (χ1v) is 7.25. The van der Waals surface area contributed by atoms with Gasteiger partial charge in [0.2, 0.25) is 0 Å². The zero-order valence-electron chi connectivity index (χ0n) is 10.6. The summed E-state index contributed by atoms with van der Waals surface area (Å²) in [4.78, 5) is 14.3. The molecule has 1 aromatic carbocycles. The van der Waals surface area contributed by atoms with Gasteiger partial charge >= 0.3 is 5.97 Å². The van der Waals surface area contributed by atoms with E-state index in [1.807, 2.05) is 25.1 Å². The summed E-state index contributed by atoms with van der Waals surface area (Å²) < 4.78 is 5.14. The molecule has 0 saturated carbocycles. The van der Waals surface area contributed by atoms with Crippen molar-refractivity contribution in [1.29, 1.82) is 0 Å². The van der Waals surface area contributed by atoms with Gasteiger partial charge in [0.1, 0.15) is 0 Å². The van der Waals surface area contributed by atoms with E-state index in [9.17, 15) is 4.79 Å². The van der Waals surface area contributed by atoms with Crippen molar-refractivity contribution < 1.29 is 9.53 Å². The van der Waals surface area contributed by atoms with Crippen LogP contribution in [0, 0.1) is 0 Å². The van der Waals surface area contributed by atoms with Gasteiger partial charge < -0.3 is 4.74 Å². The highest BCUT2D eigenvalue weighted by Gasteiger charge is 2.20. The van der Waals surface area contributed by atoms with E-state index in [2.05, 4.69) is 12.1 Å². The molecule has 0 spiro atoms. The third-order valence-electron chi connectivity index (χ3n) is 2.92. The van der Waals surface area contributed by atoms with Gasteiger partial charge in [0, 0.05) is 15.4 Å². The number of benzene rings is 1. The molecule has 0 radical (unpaired) electrons. The van der Waals surface area contributed by atoms with Crippen molar-refractivity contribution >= 4 is 17.7 Å². The monoisotopic (exact) mass is 262 g/mol. The molecule has 1 aromatic rings. The van der Waals surface area contributed by atoms with Gasteiger partial charge in [-0.3, -0.25) is 0 Å². The highest BCUT2D eigenvalue weighted by atomic mass is 32.2. The van der Waals surface area contributed by atoms with Crippen molar-refractivity contribution in [3.05, 3.63) is 40.8 Å². The summed E-state index contributed by atoms with van der Waals surface area (Å²) in [6.45, 7) is 2.30. The molecule has 1 aliphatic rings. The molecule has 2 rings (SSSR count). The second kappa shape index (κ2) is 6.64. The minimum Gasteiger partial charge on any atom is -0.463 e. The zero-order chi connectivity index (χ0) is 12.8. The van der Waals surface area contributed by atoms with E-state index in [1.165, 1.54) is 9.80 Å². The fourth-order valence-corrected chi connectivity index (χ4v) is 3.19. The Morgan fingerprint density at radius 1 is 1.22 bits per heavy atom. The second-order valence-electron chi connectivity index (χ2n) is 4.24. The molecule has 0 aliphatic heterocycles. The van der Waals surface area contributed by atoms with E-state index in [1.54, 1.807) is 11.8 Å². The van der Waals surface area contributed by atoms with Crippen LogP contribution in [-0.4, -0.2) is 12.6 Å². The molecule has 0 N–H and O–H groups in total. The number of thioether (sulfide) groups is 1. The number of hydrogen-bond donors (Lipinski definition) is 0. The molecule has 1 aliphatic carbocycles. The highest BCUT2D eigenvalue weighted by molar-refractivity contribution is 8.03. The van der Waals surface area contributed by atoms with Gasteiger partial charge in [0.05, 0.1) is 6.61 Å². The predicted octanol–water partition coefficient (Wildman–Crippen LogP) is 4.17. The maximum atomic E-state index is 11.9. The van der Waals surface area contributed by atoms with Crippen LogP contribution in [0.4, 0.5) is 0 Å². The van der Waals surface area contributed by atoms with E-state index in [0.29, 0.717) is 6.61 Å². The summed E-state index contributed by atoms with van der Waals surface area (Å²) in [5.74, 6) is -0.129. The summed E-state index contributed by atoms with van der Waals surface area (Å²) in [5, 5.41) is 0. The minimum absolute atomic E-state index is 0.129. The zero-order valence-corrected chi connectivity index (χ0v) is 11.5. The van der Waals surface area contributed by atoms with Crippen molar-refractivity contribution in [3.8, 4) is 0 Å². The van der Waals surface area contributed by atoms with Gasteiger partial charge in [-0.05, 0) is 44.7 Å². The van der Waals surface area contributed by atoms with Crippen molar-refractivity contribution in [2.24, 2.45) is 0 Å². The van der Waals surface area contributed by atoms with Gasteiger partial charge in [0.25, 0.3) is 0 Å². The van der Waals surface area contributed by atoms with Crippen molar-refractivity contribution in [2.45, 2.75) is 37.5 Å². The quantitative estimate of drug-likeness (QED) is 0.762. The molecule has 0 aromatic heterocycles. The Morgan fingerprint density at radius 2 is 1.94 bits per heavy atom. The van der Waals surface area contributed by atoms with Crippen LogP contribution in [0.2, 0.25) is 0 Å². The lowest BCUT2D eigenvalue weighted by Crippen LogP contribution is -2.12. The molecule has 2 nitrogen and oxygen atoms in total. The average molecular weight is 262 g/mol. The summed E-state index contributed by atoms with van der Waals surface area (Å²) in [5.41, 5.74) is 0.886. The first-order valence-electron chi connectivity index (χ1n) is 6.43. The molecule has 0 atom stereocenters. The topological polar surface area (TPSA) is 26.3 Å². The molecular weight excluding hydrogens is 244 g/mol. The third-order valence-corrected chi connectivity index (χ3v) is 4.13. The molecule has 0 heterocycles. The van der Waals surface area contributed by atoms with Crippen LogP contribution >= 0.6 is 11.8 Å². The average Bonchev–Trinajstić information content (AvgIpc) is 2.41. The molecule has 18 heavy (non-hydrogen) atoms. The first kappa shape index (κ1) is 13.2. The van der Waals surface area contributed by atoms with Crippen LogP contribution in [0.3, 0.4) is 0 Å². The van der Waals surface area contributed by atoms with Gasteiger partial charge in [-0.1, -0.05) is 30.0 Å². The molecule has 0 saturated heterocycles. The maximum Gasteiger partial charge on any atom is 0.334 e. The molecular formula is C15H18O2S. The number of hydrogen-bond acceptors (Lipinski definition) is 3. The third kappa shape index (κ3) is 3.39. The van der Waals surface area contributed by atoms with E-state index in [-0.39, 0.29) is 5.97 Å². The molecule has 96 valence electrons. The van der Waals surface area contributed by atoms with Gasteiger partial charge in [-0.15, -0.1) is 0 Å². The molecule has 0 unspecified atom stereocenters. The Hall–Kier alpha value is -1.22. The number of rotatable bonds is 4. The van der Waals surface area contributed by atoms with Crippen molar-refractivity contribution in [2.75, 3.05) is 6.61 Å². The number of esters is 1. The molecule has 3 heteroatoms. The normalized spacial score (nSPS) is 15.6. The van der Waals surface area contributed by atoms with Crippen LogP contribution in [0.5, 0.6) is 0 Å². The summed E-state index contributed by atoms with van der Waals surface area (Å²) in [6.07, 6.45) is 4.10. The van der Waals surface area contributed by atoms with Crippen LogP contribution in [0.1, 0.15) is 32.6 Å². The maximum absolute atomic E-state index is 11.9. The van der Waals surface area contributed by atoms with Crippen molar-refractivity contribution in [3.63, 3.8) is 0 Å².